The summed E-state index contributed by atoms with van der Waals surface area (Å²) < 4.78 is 16.5. The van der Waals surface area contributed by atoms with Crippen LogP contribution in [0.1, 0.15) is 175 Å². The molecule has 0 aromatic rings. The molecule has 0 saturated heterocycles. The third-order valence-electron chi connectivity index (χ3n) is 7.99. The van der Waals surface area contributed by atoms with Crippen molar-refractivity contribution in [3.05, 3.63) is 60.8 Å². The van der Waals surface area contributed by atoms with Crippen molar-refractivity contribution in [1.82, 2.24) is 0 Å². The molecule has 0 aromatic heterocycles. The van der Waals surface area contributed by atoms with Crippen LogP contribution in [0.3, 0.4) is 0 Å². The summed E-state index contributed by atoms with van der Waals surface area (Å²) >= 11 is 0. The van der Waals surface area contributed by atoms with E-state index >= 15 is 0 Å². The van der Waals surface area contributed by atoms with Crippen molar-refractivity contribution in [1.29, 1.82) is 0 Å². The molecular formula is C43H72O6. The Hall–Kier alpha value is -2.89. The molecule has 280 valence electrons. The Morgan fingerprint density at radius 2 is 0.796 bits per heavy atom. The van der Waals surface area contributed by atoms with Crippen LogP contribution in [0.4, 0.5) is 0 Å². The number of esters is 3. The molecule has 1 atom stereocenters. The van der Waals surface area contributed by atoms with E-state index in [0.717, 1.165) is 89.9 Å². The lowest BCUT2D eigenvalue weighted by molar-refractivity contribution is -0.167. The molecule has 0 fully saturated rings. The van der Waals surface area contributed by atoms with Crippen LogP contribution in [0, 0.1) is 0 Å². The van der Waals surface area contributed by atoms with Gasteiger partial charge in [-0.15, -0.1) is 0 Å². The van der Waals surface area contributed by atoms with Gasteiger partial charge in [0.1, 0.15) is 13.2 Å². The van der Waals surface area contributed by atoms with E-state index in [0.29, 0.717) is 19.3 Å². The van der Waals surface area contributed by atoms with Gasteiger partial charge < -0.3 is 14.2 Å². The predicted molar refractivity (Wildman–Crippen MR) is 205 cm³/mol. The quantitative estimate of drug-likeness (QED) is 0.0290. The number of hydrogen-bond acceptors (Lipinski definition) is 6. The summed E-state index contributed by atoms with van der Waals surface area (Å²) in [5, 5.41) is 0. The molecule has 0 aliphatic rings. The highest BCUT2D eigenvalue weighted by Gasteiger charge is 2.19. The molecule has 0 rings (SSSR count). The molecule has 0 bridgehead atoms. The van der Waals surface area contributed by atoms with Crippen molar-refractivity contribution in [2.24, 2.45) is 0 Å². The lowest BCUT2D eigenvalue weighted by Crippen LogP contribution is -2.30. The predicted octanol–water partition coefficient (Wildman–Crippen LogP) is 12.2. The van der Waals surface area contributed by atoms with E-state index in [-0.39, 0.29) is 37.5 Å². The molecule has 0 aliphatic carbocycles. The molecule has 0 aliphatic heterocycles. The molecule has 6 heteroatoms. The summed E-state index contributed by atoms with van der Waals surface area (Å²) in [6.07, 6.45) is 43.7. The first-order chi connectivity index (χ1) is 24.0. The lowest BCUT2D eigenvalue weighted by Gasteiger charge is -2.18. The number of carbonyl (C=O) groups excluding carboxylic acids is 3. The van der Waals surface area contributed by atoms with Gasteiger partial charge in [0, 0.05) is 19.3 Å². The number of allylic oxidation sites excluding steroid dienone is 10. The Morgan fingerprint density at radius 1 is 0.429 bits per heavy atom. The van der Waals surface area contributed by atoms with Crippen LogP contribution in [0.25, 0.3) is 0 Å². The molecule has 0 heterocycles. The van der Waals surface area contributed by atoms with Crippen molar-refractivity contribution in [2.45, 2.75) is 181 Å². The first-order valence-corrected chi connectivity index (χ1v) is 19.8. The zero-order chi connectivity index (χ0) is 35.9. The summed E-state index contributed by atoms with van der Waals surface area (Å²) in [6.45, 7) is 6.26. The van der Waals surface area contributed by atoms with Crippen molar-refractivity contribution >= 4 is 17.9 Å². The SMILES string of the molecule is CC/C=C\C/C=C\CCCCC(=O)OCC(COC(=O)CCCCC/C=C\CCCCCCCC)OC(=O)CCCC/C=C\C/C=C\CC. The summed E-state index contributed by atoms with van der Waals surface area (Å²) in [6, 6.07) is 0. The Labute approximate surface area is 300 Å². The minimum absolute atomic E-state index is 0.107. The molecular weight excluding hydrogens is 612 g/mol. The van der Waals surface area contributed by atoms with Crippen molar-refractivity contribution in [3.63, 3.8) is 0 Å². The molecule has 0 amide bonds. The molecule has 0 radical (unpaired) electrons. The molecule has 6 nitrogen and oxygen atoms in total. The number of hydrogen-bond donors (Lipinski definition) is 0. The zero-order valence-corrected chi connectivity index (χ0v) is 31.7. The van der Waals surface area contributed by atoms with Gasteiger partial charge in [-0.05, 0) is 96.3 Å². The third-order valence-corrected chi connectivity index (χ3v) is 7.99. The van der Waals surface area contributed by atoms with Crippen molar-refractivity contribution in [2.75, 3.05) is 13.2 Å². The third kappa shape index (κ3) is 36.2. The molecule has 0 spiro atoms. The van der Waals surface area contributed by atoms with Crippen LogP contribution in [-0.2, 0) is 28.6 Å². The Bertz CT molecular complexity index is 929. The lowest BCUT2D eigenvalue weighted by atomic mass is 10.1. The van der Waals surface area contributed by atoms with Crippen LogP contribution in [0.5, 0.6) is 0 Å². The van der Waals surface area contributed by atoms with E-state index in [9.17, 15) is 14.4 Å². The van der Waals surface area contributed by atoms with Gasteiger partial charge in [0.25, 0.3) is 0 Å². The largest absolute Gasteiger partial charge is 0.462 e. The standard InChI is InChI=1S/C43H72O6/c1-4-7-10-13-16-19-20-21-22-25-27-30-33-36-42(45)48-39-40(49-43(46)37-34-31-28-24-18-15-12-9-6-3)38-47-41(44)35-32-29-26-23-17-14-11-8-5-2/h8-9,11-12,17-18,21-24,40H,4-7,10,13-16,19-20,25-39H2,1-3H3/b11-8-,12-9-,22-21-,23-17-,24-18-. The second kappa shape index (κ2) is 37.9. The summed E-state index contributed by atoms with van der Waals surface area (Å²) in [5.74, 6) is -1.01. The maximum atomic E-state index is 12.6. The van der Waals surface area contributed by atoms with Crippen molar-refractivity contribution < 1.29 is 28.6 Å². The first-order valence-electron chi connectivity index (χ1n) is 19.8. The highest BCUT2D eigenvalue weighted by atomic mass is 16.6. The average Bonchev–Trinajstić information content (AvgIpc) is 3.10. The van der Waals surface area contributed by atoms with Crippen LogP contribution < -0.4 is 0 Å². The van der Waals surface area contributed by atoms with Crippen LogP contribution in [-0.4, -0.2) is 37.2 Å². The fraction of sp³-hybridized carbons (Fsp3) is 0.698. The first kappa shape index (κ1) is 46.1. The van der Waals surface area contributed by atoms with E-state index in [1.807, 2.05) is 0 Å². The van der Waals surface area contributed by atoms with Crippen molar-refractivity contribution in [3.8, 4) is 0 Å². The number of unbranched alkanes of at least 4 members (excludes halogenated alkanes) is 13. The second-order valence-electron chi connectivity index (χ2n) is 12.8. The Balaban J connectivity index is 4.45. The highest BCUT2D eigenvalue weighted by Crippen LogP contribution is 2.11. The van der Waals surface area contributed by atoms with Gasteiger partial charge in [-0.3, -0.25) is 14.4 Å². The smallest absolute Gasteiger partial charge is 0.306 e. The molecule has 1 unspecified atom stereocenters. The van der Waals surface area contributed by atoms with Gasteiger partial charge in [0.05, 0.1) is 0 Å². The van der Waals surface area contributed by atoms with Gasteiger partial charge in [-0.2, -0.15) is 0 Å². The highest BCUT2D eigenvalue weighted by molar-refractivity contribution is 5.71. The fourth-order valence-corrected chi connectivity index (χ4v) is 5.04. The molecule has 0 saturated carbocycles. The van der Waals surface area contributed by atoms with Crippen LogP contribution in [0.2, 0.25) is 0 Å². The molecule has 49 heavy (non-hydrogen) atoms. The van der Waals surface area contributed by atoms with E-state index in [2.05, 4.69) is 81.5 Å². The van der Waals surface area contributed by atoms with Crippen LogP contribution in [0.15, 0.2) is 60.8 Å². The number of ether oxygens (including phenoxy) is 3. The van der Waals surface area contributed by atoms with E-state index in [4.69, 9.17) is 14.2 Å². The maximum absolute atomic E-state index is 12.6. The van der Waals surface area contributed by atoms with Gasteiger partial charge >= 0.3 is 17.9 Å². The molecule has 0 aromatic carbocycles. The average molecular weight is 685 g/mol. The second-order valence-corrected chi connectivity index (χ2v) is 12.8. The summed E-state index contributed by atoms with van der Waals surface area (Å²) in [4.78, 5) is 37.4. The van der Waals surface area contributed by atoms with Gasteiger partial charge in [-0.1, -0.05) is 120 Å². The number of carbonyl (C=O) groups is 3. The summed E-state index contributed by atoms with van der Waals surface area (Å²) in [7, 11) is 0. The normalized spacial score (nSPS) is 12.6. The summed E-state index contributed by atoms with van der Waals surface area (Å²) in [5.41, 5.74) is 0. The topological polar surface area (TPSA) is 78.9 Å². The maximum Gasteiger partial charge on any atom is 0.306 e. The van der Waals surface area contributed by atoms with Gasteiger partial charge in [0.15, 0.2) is 6.10 Å². The van der Waals surface area contributed by atoms with Crippen LogP contribution >= 0.6 is 0 Å². The monoisotopic (exact) mass is 685 g/mol. The fourth-order valence-electron chi connectivity index (χ4n) is 5.04. The van der Waals surface area contributed by atoms with Gasteiger partial charge in [0.2, 0.25) is 0 Å². The van der Waals surface area contributed by atoms with E-state index in [1.54, 1.807) is 0 Å². The van der Waals surface area contributed by atoms with Gasteiger partial charge in [-0.25, -0.2) is 0 Å². The number of rotatable bonds is 34. The minimum Gasteiger partial charge on any atom is -0.462 e. The Kier molecular flexibility index (Phi) is 35.7. The zero-order valence-electron chi connectivity index (χ0n) is 31.7. The van der Waals surface area contributed by atoms with E-state index in [1.165, 1.54) is 38.5 Å². The Morgan fingerprint density at radius 3 is 1.29 bits per heavy atom. The van der Waals surface area contributed by atoms with E-state index < -0.39 is 6.10 Å². The molecule has 0 N–H and O–H groups in total. The minimum atomic E-state index is -0.804.